The summed E-state index contributed by atoms with van der Waals surface area (Å²) in [6.07, 6.45) is 6.61. The van der Waals surface area contributed by atoms with Crippen molar-refractivity contribution in [2.45, 2.75) is 39.0 Å². The van der Waals surface area contributed by atoms with Gasteiger partial charge in [-0.05, 0) is 61.3 Å². The lowest BCUT2D eigenvalue weighted by Crippen LogP contribution is -2.31. The maximum atomic E-state index is 5.95. The summed E-state index contributed by atoms with van der Waals surface area (Å²) in [5, 5.41) is 0. The van der Waals surface area contributed by atoms with Crippen LogP contribution < -0.4 is 5.73 Å². The predicted octanol–water partition coefficient (Wildman–Crippen LogP) is 4.39. The molecule has 100 valence electrons. The molecule has 1 aromatic rings. The lowest BCUT2D eigenvalue weighted by Gasteiger charge is -2.35. The van der Waals surface area contributed by atoms with Crippen molar-refractivity contribution in [3.8, 4) is 0 Å². The lowest BCUT2D eigenvalue weighted by molar-refractivity contribution is 0.180. The molecule has 2 rings (SSSR count). The molecule has 1 saturated carbocycles. The molecule has 0 radical (unpaired) electrons. The van der Waals surface area contributed by atoms with E-state index in [0.717, 1.165) is 28.8 Å². The Bertz CT molecular complexity index is 360. The van der Waals surface area contributed by atoms with Gasteiger partial charge in [-0.15, -0.1) is 0 Å². The summed E-state index contributed by atoms with van der Waals surface area (Å²) in [4.78, 5) is 0. The van der Waals surface area contributed by atoms with Gasteiger partial charge in [0, 0.05) is 4.47 Å². The third-order valence-corrected chi connectivity index (χ3v) is 5.07. The van der Waals surface area contributed by atoms with Crippen LogP contribution in [0.1, 0.15) is 38.2 Å². The number of halogens is 1. The molecule has 0 heterocycles. The third-order valence-electron chi connectivity index (χ3n) is 4.54. The third kappa shape index (κ3) is 3.58. The van der Waals surface area contributed by atoms with Crippen molar-refractivity contribution in [1.29, 1.82) is 0 Å². The Kier molecular flexibility index (Phi) is 5.25. The number of hydrogen-bond acceptors (Lipinski definition) is 1. The van der Waals surface area contributed by atoms with Gasteiger partial charge in [-0.3, -0.25) is 0 Å². The molecule has 18 heavy (non-hydrogen) atoms. The van der Waals surface area contributed by atoms with Crippen LogP contribution in [-0.2, 0) is 6.42 Å². The normalized spacial score (nSPS) is 28.3. The van der Waals surface area contributed by atoms with Gasteiger partial charge in [-0.25, -0.2) is 0 Å². The zero-order valence-electron chi connectivity index (χ0n) is 11.2. The van der Waals surface area contributed by atoms with Gasteiger partial charge in [-0.1, -0.05) is 47.8 Å². The van der Waals surface area contributed by atoms with Gasteiger partial charge in [0.1, 0.15) is 0 Å². The highest BCUT2D eigenvalue weighted by Gasteiger charge is 2.28. The minimum Gasteiger partial charge on any atom is -0.330 e. The monoisotopic (exact) mass is 309 g/mol. The maximum Gasteiger partial charge on any atom is 0.0175 e. The second-order valence-electron chi connectivity index (χ2n) is 5.67. The Morgan fingerprint density at radius 1 is 1.17 bits per heavy atom. The van der Waals surface area contributed by atoms with Crippen molar-refractivity contribution < 1.29 is 0 Å². The Balaban J connectivity index is 2.02. The van der Waals surface area contributed by atoms with Crippen molar-refractivity contribution >= 4 is 15.9 Å². The number of benzene rings is 1. The van der Waals surface area contributed by atoms with E-state index < -0.39 is 0 Å². The first-order valence-corrected chi connectivity index (χ1v) is 7.96. The first kappa shape index (κ1) is 14.1. The SMILES string of the molecule is CCC1CCC(CN)C(Cc2ccc(Br)cc2)C1. The zero-order chi connectivity index (χ0) is 13.0. The number of nitrogens with two attached hydrogens (primary N) is 1. The molecule has 2 heteroatoms. The van der Waals surface area contributed by atoms with E-state index in [0.29, 0.717) is 0 Å². The summed E-state index contributed by atoms with van der Waals surface area (Å²) >= 11 is 3.50. The van der Waals surface area contributed by atoms with Crippen LogP contribution in [0, 0.1) is 17.8 Å². The first-order valence-electron chi connectivity index (χ1n) is 7.17. The van der Waals surface area contributed by atoms with Gasteiger partial charge < -0.3 is 5.73 Å². The van der Waals surface area contributed by atoms with Gasteiger partial charge in [0.15, 0.2) is 0 Å². The zero-order valence-corrected chi connectivity index (χ0v) is 12.8. The molecule has 0 saturated heterocycles. The van der Waals surface area contributed by atoms with E-state index in [9.17, 15) is 0 Å². The molecule has 1 aromatic carbocycles. The van der Waals surface area contributed by atoms with Crippen LogP contribution in [0.3, 0.4) is 0 Å². The van der Waals surface area contributed by atoms with Gasteiger partial charge in [0.2, 0.25) is 0 Å². The van der Waals surface area contributed by atoms with E-state index in [2.05, 4.69) is 47.1 Å². The largest absolute Gasteiger partial charge is 0.330 e. The molecule has 3 unspecified atom stereocenters. The highest BCUT2D eigenvalue weighted by Crippen LogP contribution is 2.37. The van der Waals surface area contributed by atoms with Crippen LogP contribution in [-0.4, -0.2) is 6.54 Å². The van der Waals surface area contributed by atoms with Crippen molar-refractivity contribution in [3.63, 3.8) is 0 Å². The van der Waals surface area contributed by atoms with E-state index in [1.165, 1.54) is 37.7 Å². The summed E-state index contributed by atoms with van der Waals surface area (Å²) in [5.41, 5.74) is 7.41. The summed E-state index contributed by atoms with van der Waals surface area (Å²) in [6.45, 7) is 3.18. The summed E-state index contributed by atoms with van der Waals surface area (Å²) in [7, 11) is 0. The molecule has 1 nitrogen and oxygen atoms in total. The quantitative estimate of drug-likeness (QED) is 0.877. The Morgan fingerprint density at radius 3 is 2.50 bits per heavy atom. The number of hydrogen-bond donors (Lipinski definition) is 1. The van der Waals surface area contributed by atoms with Gasteiger partial charge in [0.25, 0.3) is 0 Å². The summed E-state index contributed by atoms with van der Waals surface area (Å²) in [5.74, 6) is 2.44. The predicted molar refractivity (Wildman–Crippen MR) is 81.5 cm³/mol. The van der Waals surface area contributed by atoms with E-state index in [1.807, 2.05) is 0 Å². The molecule has 1 aliphatic rings. The fourth-order valence-corrected chi connectivity index (χ4v) is 3.54. The Labute approximate surface area is 119 Å². The molecular weight excluding hydrogens is 286 g/mol. The van der Waals surface area contributed by atoms with E-state index in [1.54, 1.807) is 0 Å². The topological polar surface area (TPSA) is 26.0 Å². The van der Waals surface area contributed by atoms with Crippen LogP contribution >= 0.6 is 15.9 Å². The van der Waals surface area contributed by atoms with Gasteiger partial charge in [0.05, 0.1) is 0 Å². The van der Waals surface area contributed by atoms with Crippen LogP contribution in [0.4, 0.5) is 0 Å². The van der Waals surface area contributed by atoms with Crippen LogP contribution in [0.25, 0.3) is 0 Å². The molecule has 0 spiro atoms. The smallest absolute Gasteiger partial charge is 0.0175 e. The van der Waals surface area contributed by atoms with Crippen LogP contribution in [0.5, 0.6) is 0 Å². The second kappa shape index (κ2) is 6.72. The minimum absolute atomic E-state index is 0.733. The molecule has 1 fully saturated rings. The van der Waals surface area contributed by atoms with Crippen molar-refractivity contribution in [1.82, 2.24) is 0 Å². The summed E-state index contributed by atoms with van der Waals surface area (Å²) < 4.78 is 1.16. The molecule has 0 aromatic heterocycles. The fraction of sp³-hybridized carbons (Fsp3) is 0.625. The highest BCUT2D eigenvalue weighted by atomic mass is 79.9. The van der Waals surface area contributed by atoms with Crippen LogP contribution in [0.2, 0.25) is 0 Å². The van der Waals surface area contributed by atoms with Crippen molar-refractivity contribution in [2.75, 3.05) is 6.54 Å². The molecule has 1 aliphatic carbocycles. The maximum absolute atomic E-state index is 5.95. The number of rotatable bonds is 4. The second-order valence-corrected chi connectivity index (χ2v) is 6.59. The molecule has 0 aliphatic heterocycles. The fourth-order valence-electron chi connectivity index (χ4n) is 3.28. The molecular formula is C16H24BrN. The lowest BCUT2D eigenvalue weighted by atomic mass is 9.71. The molecule has 2 N–H and O–H groups in total. The minimum atomic E-state index is 0.733. The van der Waals surface area contributed by atoms with Crippen LogP contribution in [0.15, 0.2) is 28.7 Å². The first-order chi connectivity index (χ1) is 8.72. The molecule has 0 bridgehead atoms. The molecule has 3 atom stereocenters. The van der Waals surface area contributed by atoms with Gasteiger partial charge >= 0.3 is 0 Å². The molecule has 0 amide bonds. The van der Waals surface area contributed by atoms with E-state index >= 15 is 0 Å². The van der Waals surface area contributed by atoms with E-state index in [4.69, 9.17) is 5.73 Å². The standard InChI is InChI=1S/C16H24BrN/c1-2-12-3-6-14(11-18)15(9-12)10-13-4-7-16(17)8-5-13/h4-5,7-8,12,14-15H,2-3,6,9-11,18H2,1H3. The average Bonchev–Trinajstić information content (AvgIpc) is 2.41. The Morgan fingerprint density at radius 2 is 1.89 bits per heavy atom. The van der Waals surface area contributed by atoms with E-state index in [-0.39, 0.29) is 0 Å². The van der Waals surface area contributed by atoms with Crippen molar-refractivity contribution in [2.24, 2.45) is 23.5 Å². The Hall–Kier alpha value is -0.340. The van der Waals surface area contributed by atoms with Gasteiger partial charge in [-0.2, -0.15) is 0 Å². The highest BCUT2D eigenvalue weighted by molar-refractivity contribution is 9.10. The van der Waals surface area contributed by atoms with Crippen molar-refractivity contribution in [3.05, 3.63) is 34.3 Å². The summed E-state index contributed by atoms with van der Waals surface area (Å²) in [6, 6.07) is 8.78. The average molecular weight is 310 g/mol.